The summed E-state index contributed by atoms with van der Waals surface area (Å²) in [5.41, 5.74) is 0. The second-order valence-corrected chi connectivity index (χ2v) is 7.35. The minimum absolute atomic E-state index is 0.0827. The first-order valence-corrected chi connectivity index (χ1v) is 10.4. The molecule has 0 bridgehead atoms. The van der Waals surface area contributed by atoms with E-state index in [1.165, 1.54) is 25.7 Å². The second kappa shape index (κ2) is 17.1. The highest BCUT2D eigenvalue weighted by atomic mass is 16.5. The molecule has 0 rings (SSSR count). The van der Waals surface area contributed by atoms with Gasteiger partial charge in [-0.05, 0) is 24.7 Å². The number of allylic oxidation sites excluding steroid dienone is 1. The van der Waals surface area contributed by atoms with Crippen molar-refractivity contribution in [1.29, 1.82) is 0 Å². The summed E-state index contributed by atoms with van der Waals surface area (Å²) in [6.45, 7) is 11.6. The van der Waals surface area contributed by atoms with E-state index in [0.29, 0.717) is 37.7 Å². The van der Waals surface area contributed by atoms with E-state index in [1.54, 1.807) is 0 Å². The smallest absolute Gasteiger partial charge is 0.306 e. The first kappa shape index (κ1) is 24.7. The predicted octanol–water partition coefficient (Wildman–Crippen LogP) is 5.84. The minimum Gasteiger partial charge on any atom is -0.499 e. The number of ether oxygens (including phenoxy) is 2. The van der Waals surface area contributed by atoms with Gasteiger partial charge in [0.2, 0.25) is 0 Å². The van der Waals surface area contributed by atoms with Crippen LogP contribution >= 0.6 is 0 Å². The van der Waals surface area contributed by atoms with Crippen molar-refractivity contribution in [2.75, 3.05) is 13.2 Å². The molecule has 0 spiro atoms. The first-order chi connectivity index (χ1) is 12.5. The molecule has 4 heteroatoms. The Morgan fingerprint density at radius 3 is 2.35 bits per heavy atom. The van der Waals surface area contributed by atoms with Crippen LogP contribution in [0.25, 0.3) is 0 Å². The maximum Gasteiger partial charge on any atom is 0.306 e. The molecule has 0 amide bonds. The molecule has 0 aliphatic heterocycles. The number of rotatable bonds is 18. The van der Waals surface area contributed by atoms with Crippen LogP contribution in [-0.4, -0.2) is 25.5 Å². The van der Waals surface area contributed by atoms with E-state index in [0.717, 1.165) is 32.0 Å². The zero-order chi connectivity index (χ0) is 19.6. The van der Waals surface area contributed by atoms with Crippen molar-refractivity contribution in [3.8, 4) is 0 Å². The molecule has 0 fully saturated rings. The molecule has 2 unspecified atom stereocenters. The van der Waals surface area contributed by atoms with Gasteiger partial charge in [0.15, 0.2) is 0 Å². The average molecular weight is 369 g/mol. The van der Waals surface area contributed by atoms with Gasteiger partial charge in [-0.2, -0.15) is 0 Å². The van der Waals surface area contributed by atoms with Crippen LogP contribution in [-0.2, 0) is 19.1 Å². The monoisotopic (exact) mass is 368 g/mol. The zero-order valence-electron chi connectivity index (χ0n) is 17.3. The molecule has 0 N–H and O–H groups in total. The topological polar surface area (TPSA) is 52.6 Å². The van der Waals surface area contributed by atoms with Gasteiger partial charge in [-0.15, -0.1) is 0 Å². The molecule has 0 aromatic rings. The lowest BCUT2D eigenvalue weighted by Gasteiger charge is -2.17. The lowest BCUT2D eigenvalue weighted by atomic mass is 9.97. The van der Waals surface area contributed by atoms with Crippen molar-refractivity contribution in [3.05, 3.63) is 12.3 Å². The van der Waals surface area contributed by atoms with Gasteiger partial charge in [-0.1, -0.05) is 65.9 Å². The molecule has 0 aromatic heterocycles. The Hall–Kier alpha value is -1.32. The van der Waals surface area contributed by atoms with Gasteiger partial charge in [0.1, 0.15) is 6.29 Å². The van der Waals surface area contributed by atoms with Gasteiger partial charge in [0.05, 0.1) is 19.0 Å². The van der Waals surface area contributed by atoms with Gasteiger partial charge >= 0.3 is 5.97 Å². The molecule has 0 aromatic carbocycles. The van der Waals surface area contributed by atoms with E-state index in [-0.39, 0.29) is 18.3 Å². The van der Waals surface area contributed by atoms with Crippen LogP contribution in [0.4, 0.5) is 0 Å². The Balaban J connectivity index is 3.96. The van der Waals surface area contributed by atoms with Crippen LogP contribution in [0.2, 0.25) is 0 Å². The number of hydrogen-bond acceptors (Lipinski definition) is 4. The molecule has 0 radical (unpaired) electrons. The highest BCUT2D eigenvalue weighted by Gasteiger charge is 2.17. The minimum atomic E-state index is -0.224. The molecule has 0 heterocycles. The van der Waals surface area contributed by atoms with Crippen molar-refractivity contribution in [2.24, 2.45) is 11.8 Å². The summed E-state index contributed by atoms with van der Waals surface area (Å²) in [4.78, 5) is 22.9. The number of esters is 1. The summed E-state index contributed by atoms with van der Waals surface area (Å²) in [5, 5.41) is 0. The van der Waals surface area contributed by atoms with Crippen molar-refractivity contribution in [1.82, 2.24) is 0 Å². The molecule has 0 saturated heterocycles. The number of carbonyl (C=O) groups excluding carboxylic acids is 2. The van der Waals surface area contributed by atoms with Crippen molar-refractivity contribution in [2.45, 2.75) is 91.4 Å². The second-order valence-electron chi connectivity index (χ2n) is 7.35. The summed E-state index contributed by atoms with van der Waals surface area (Å²) in [6.07, 6.45) is 11.1. The van der Waals surface area contributed by atoms with E-state index < -0.39 is 0 Å². The molecule has 4 nitrogen and oxygen atoms in total. The normalized spacial score (nSPS) is 13.0. The van der Waals surface area contributed by atoms with E-state index in [2.05, 4.69) is 27.4 Å². The summed E-state index contributed by atoms with van der Waals surface area (Å²) in [7, 11) is 0. The zero-order valence-corrected chi connectivity index (χ0v) is 17.3. The van der Waals surface area contributed by atoms with Crippen LogP contribution in [0.1, 0.15) is 91.4 Å². The maximum absolute atomic E-state index is 12.0. The van der Waals surface area contributed by atoms with Crippen molar-refractivity contribution in [3.63, 3.8) is 0 Å². The van der Waals surface area contributed by atoms with Crippen LogP contribution in [0.5, 0.6) is 0 Å². The largest absolute Gasteiger partial charge is 0.499 e. The Bertz CT molecular complexity index is 378. The Kier molecular flexibility index (Phi) is 16.2. The average Bonchev–Trinajstić information content (AvgIpc) is 2.60. The third-order valence-electron chi connectivity index (χ3n) is 4.78. The molecule has 152 valence electrons. The van der Waals surface area contributed by atoms with E-state index in [4.69, 9.17) is 9.47 Å². The van der Waals surface area contributed by atoms with Gasteiger partial charge in [0, 0.05) is 19.3 Å². The Morgan fingerprint density at radius 2 is 1.69 bits per heavy atom. The SMILES string of the molecule is C=C(CC(CC=O)CC(=O)OCCCCCCCC)OCCC(C)CC. The summed E-state index contributed by atoms with van der Waals surface area (Å²) in [5.74, 6) is 0.980. The van der Waals surface area contributed by atoms with Gasteiger partial charge in [0.25, 0.3) is 0 Å². The van der Waals surface area contributed by atoms with Crippen LogP contribution < -0.4 is 0 Å². The maximum atomic E-state index is 12.0. The fourth-order valence-corrected chi connectivity index (χ4v) is 2.73. The van der Waals surface area contributed by atoms with Gasteiger partial charge < -0.3 is 14.3 Å². The molecule has 2 atom stereocenters. The fourth-order valence-electron chi connectivity index (χ4n) is 2.73. The number of unbranched alkanes of at least 4 members (excludes halogenated alkanes) is 5. The Labute approximate surface area is 160 Å². The highest BCUT2D eigenvalue weighted by molar-refractivity contribution is 5.70. The molecule has 0 aliphatic carbocycles. The molecular formula is C22H40O4. The van der Waals surface area contributed by atoms with Crippen LogP contribution in [0.15, 0.2) is 12.3 Å². The first-order valence-electron chi connectivity index (χ1n) is 10.4. The quantitative estimate of drug-likeness (QED) is 0.132. The molecule has 26 heavy (non-hydrogen) atoms. The van der Waals surface area contributed by atoms with E-state index >= 15 is 0 Å². The summed E-state index contributed by atoms with van der Waals surface area (Å²) < 4.78 is 11.0. The predicted molar refractivity (Wildman–Crippen MR) is 107 cm³/mol. The Morgan fingerprint density at radius 1 is 1.00 bits per heavy atom. The van der Waals surface area contributed by atoms with Crippen molar-refractivity contribution < 1.29 is 19.1 Å². The highest BCUT2D eigenvalue weighted by Crippen LogP contribution is 2.20. The van der Waals surface area contributed by atoms with Crippen molar-refractivity contribution >= 4 is 12.3 Å². The number of aldehydes is 1. The number of hydrogen-bond donors (Lipinski definition) is 0. The van der Waals surface area contributed by atoms with Crippen LogP contribution in [0, 0.1) is 11.8 Å². The molecular weight excluding hydrogens is 328 g/mol. The third-order valence-corrected chi connectivity index (χ3v) is 4.78. The standard InChI is InChI=1S/C22H40O4/c1-5-7-8-9-10-11-15-26-22(24)18-21(12-14-23)17-20(4)25-16-13-19(3)6-2/h14,19,21H,4-13,15-18H2,1-3H3. The van der Waals surface area contributed by atoms with Gasteiger partial charge in [-0.3, -0.25) is 4.79 Å². The van der Waals surface area contributed by atoms with Gasteiger partial charge in [-0.25, -0.2) is 0 Å². The third kappa shape index (κ3) is 15.0. The summed E-state index contributed by atoms with van der Waals surface area (Å²) >= 11 is 0. The number of carbonyl (C=O) groups is 2. The lowest BCUT2D eigenvalue weighted by molar-refractivity contribution is -0.145. The van der Waals surface area contributed by atoms with E-state index in [9.17, 15) is 9.59 Å². The van der Waals surface area contributed by atoms with Crippen LogP contribution in [0.3, 0.4) is 0 Å². The van der Waals surface area contributed by atoms with E-state index in [1.807, 2.05) is 0 Å². The molecule has 0 aliphatic rings. The lowest BCUT2D eigenvalue weighted by Crippen LogP contribution is -2.14. The molecule has 0 saturated carbocycles. The summed E-state index contributed by atoms with van der Waals surface area (Å²) in [6, 6.07) is 0. The fraction of sp³-hybridized carbons (Fsp3) is 0.818.